The summed E-state index contributed by atoms with van der Waals surface area (Å²) in [4.78, 5) is 0. The molecule has 4 rings (SSSR count). The number of halogens is 3. The van der Waals surface area contributed by atoms with Gasteiger partial charge >= 0.3 is 0 Å². The van der Waals surface area contributed by atoms with E-state index < -0.39 is 11.6 Å². The minimum absolute atomic E-state index is 0.0190. The zero-order valence-electron chi connectivity index (χ0n) is 22.6. The molecule has 0 saturated heterocycles. The van der Waals surface area contributed by atoms with E-state index in [-0.39, 0.29) is 35.6 Å². The lowest BCUT2D eigenvalue weighted by atomic mass is 9.82. The first-order valence-electron chi connectivity index (χ1n) is 14.0. The standard InChI is InChI=1S/C33H39F3O2/c1-3-4-5-6-7-20-37-28-17-19-29(31(34)21-28)24-12-15-27(16-13-24)38-22-26-14-18-30(33(36)32(26)35)25-10-8-23(2)9-11-25/h8-11,14,17-19,21,24,27H,3-7,12-13,15-16,20,22H2,1-2H3. The van der Waals surface area contributed by atoms with Gasteiger partial charge in [-0.1, -0.05) is 80.6 Å². The Kier molecular flexibility index (Phi) is 10.3. The van der Waals surface area contributed by atoms with Gasteiger partial charge in [0, 0.05) is 17.2 Å². The van der Waals surface area contributed by atoms with Crippen molar-refractivity contribution in [3.8, 4) is 16.9 Å². The van der Waals surface area contributed by atoms with E-state index in [1.54, 1.807) is 24.3 Å². The molecule has 3 aromatic rings. The van der Waals surface area contributed by atoms with E-state index in [2.05, 4.69) is 6.92 Å². The molecule has 5 heteroatoms. The van der Waals surface area contributed by atoms with Crippen LogP contribution in [0.1, 0.15) is 87.3 Å². The van der Waals surface area contributed by atoms with Crippen LogP contribution < -0.4 is 4.74 Å². The number of unbranched alkanes of at least 4 members (excludes halogenated alkanes) is 4. The van der Waals surface area contributed by atoms with Crippen LogP contribution in [0.3, 0.4) is 0 Å². The third-order valence-electron chi connectivity index (χ3n) is 7.60. The van der Waals surface area contributed by atoms with Gasteiger partial charge in [-0.05, 0) is 62.1 Å². The lowest BCUT2D eigenvalue weighted by Crippen LogP contribution is -2.21. The number of benzene rings is 3. The Hall–Kier alpha value is -2.79. The fourth-order valence-corrected chi connectivity index (χ4v) is 5.23. The van der Waals surface area contributed by atoms with Crippen molar-refractivity contribution < 1.29 is 22.6 Å². The van der Waals surface area contributed by atoms with E-state index in [9.17, 15) is 13.2 Å². The maximum atomic E-state index is 14.8. The fourth-order valence-electron chi connectivity index (χ4n) is 5.23. The van der Waals surface area contributed by atoms with Crippen LogP contribution in [0.4, 0.5) is 13.2 Å². The molecule has 0 radical (unpaired) electrons. The van der Waals surface area contributed by atoms with E-state index in [1.807, 2.05) is 31.2 Å². The highest BCUT2D eigenvalue weighted by molar-refractivity contribution is 5.65. The number of hydrogen-bond donors (Lipinski definition) is 0. The molecule has 0 amide bonds. The van der Waals surface area contributed by atoms with E-state index in [0.717, 1.165) is 49.7 Å². The van der Waals surface area contributed by atoms with Gasteiger partial charge in [-0.25, -0.2) is 13.2 Å². The molecule has 0 heterocycles. The Morgan fingerprint density at radius 2 is 1.53 bits per heavy atom. The Labute approximate surface area is 225 Å². The van der Waals surface area contributed by atoms with Gasteiger partial charge in [0.1, 0.15) is 11.6 Å². The van der Waals surface area contributed by atoms with Crippen LogP contribution in [0.2, 0.25) is 0 Å². The van der Waals surface area contributed by atoms with E-state index in [0.29, 0.717) is 17.9 Å². The summed E-state index contributed by atoms with van der Waals surface area (Å²) in [6.45, 7) is 4.78. The normalized spacial score (nSPS) is 17.5. The molecule has 1 aliphatic rings. The summed E-state index contributed by atoms with van der Waals surface area (Å²) in [6.07, 6.45) is 8.84. The predicted molar refractivity (Wildman–Crippen MR) is 147 cm³/mol. The molecule has 0 bridgehead atoms. The number of rotatable bonds is 12. The van der Waals surface area contributed by atoms with Crippen LogP contribution in [0.5, 0.6) is 5.75 Å². The minimum atomic E-state index is -0.859. The van der Waals surface area contributed by atoms with Crippen molar-refractivity contribution in [2.75, 3.05) is 6.61 Å². The Bertz CT molecular complexity index is 1170. The van der Waals surface area contributed by atoms with Crippen molar-refractivity contribution in [3.05, 3.63) is 88.7 Å². The molecule has 1 aliphatic carbocycles. The van der Waals surface area contributed by atoms with Gasteiger partial charge in [-0.15, -0.1) is 0 Å². The Morgan fingerprint density at radius 3 is 2.24 bits per heavy atom. The monoisotopic (exact) mass is 524 g/mol. The SMILES string of the molecule is CCCCCCCOc1ccc(C2CCC(OCc3ccc(-c4ccc(C)cc4)c(F)c3F)CC2)c(F)c1. The second-order valence-electron chi connectivity index (χ2n) is 10.5. The average Bonchev–Trinajstić information content (AvgIpc) is 2.93. The molecule has 0 spiro atoms. The molecular formula is C33H39F3O2. The summed E-state index contributed by atoms with van der Waals surface area (Å²) in [5.41, 5.74) is 2.89. The average molecular weight is 525 g/mol. The molecule has 0 atom stereocenters. The summed E-state index contributed by atoms with van der Waals surface area (Å²) in [5.74, 6) is -1.22. The molecule has 0 N–H and O–H groups in total. The highest BCUT2D eigenvalue weighted by Crippen LogP contribution is 2.37. The molecular weight excluding hydrogens is 485 g/mol. The smallest absolute Gasteiger partial charge is 0.167 e. The molecule has 0 unspecified atom stereocenters. The maximum Gasteiger partial charge on any atom is 0.167 e. The third kappa shape index (κ3) is 7.41. The lowest BCUT2D eigenvalue weighted by Gasteiger charge is -2.29. The summed E-state index contributed by atoms with van der Waals surface area (Å²) in [5, 5.41) is 0. The summed E-state index contributed by atoms with van der Waals surface area (Å²) >= 11 is 0. The number of aryl methyl sites for hydroxylation is 1. The highest BCUT2D eigenvalue weighted by Gasteiger charge is 2.25. The van der Waals surface area contributed by atoms with E-state index >= 15 is 0 Å². The molecule has 38 heavy (non-hydrogen) atoms. The van der Waals surface area contributed by atoms with Crippen molar-refractivity contribution in [2.24, 2.45) is 0 Å². The zero-order valence-corrected chi connectivity index (χ0v) is 22.6. The van der Waals surface area contributed by atoms with Crippen molar-refractivity contribution in [1.29, 1.82) is 0 Å². The maximum absolute atomic E-state index is 14.8. The summed E-state index contributed by atoms with van der Waals surface area (Å²) < 4.78 is 56.1. The van der Waals surface area contributed by atoms with Crippen LogP contribution in [-0.2, 0) is 11.3 Å². The van der Waals surface area contributed by atoms with Gasteiger partial charge in [0.05, 0.1) is 19.3 Å². The van der Waals surface area contributed by atoms with E-state index in [1.165, 1.54) is 25.3 Å². The van der Waals surface area contributed by atoms with Crippen molar-refractivity contribution >= 4 is 0 Å². The van der Waals surface area contributed by atoms with E-state index in [4.69, 9.17) is 9.47 Å². The highest BCUT2D eigenvalue weighted by atomic mass is 19.2. The fraction of sp³-hybridized carbons (Fsp3) is 0.455. The van der Waals surface area contributed by atoms with Crippen LogP contribution in [0.15, 0.2) is 54.6 Å². The molecule has 2 nitrogen and oxygen atoms in total. The molecule has 0 aromatic heterocycles. The quantitative estimate of drug-likeness (QED) is 0.220. The second-order valence-corrected chi connectivity index (χ2v) is 10.5. The first-order valence-corrected chi connectivity index (χ1v) is 14.0. The van der Waals surface area contributed by atoms with Crippen molar-refractivity contribution in [3.63, 3.8) is 0 Å². The predicted octanol–water partition coefficient (Wildman–Crippen LogP) is 9.67. The lowest BCUT2D eigenvalue weighted by molar-refractivity contribution is 0.0117. The Balaban J connectivity index is 1.25. The number of ether oxygens (including phenoxy) is 2. The Morgan fingerprint density at radius 1 is 0.789 bits per heavy atom. The first-order chi connectivity index (χ1) is 18.5. The van der Waals surface area contributed by atoms with Crippen LogP contribution in [0.25, 0.3) is 11.1 Å². The minimum Gasteiger partial charge on any atom is -0.493 e. The molecule has 204 valence electrons. The molecule has 1 fully saturated rings. The third-order valence-corrected chi connectivity index (χ3v) is 7.60. The summed E-state index contributed by atoms with van der Waals surface area (Å²) in [7, 11) is 0. The molecule has 0 aliphatic heterocycles. The van der Waals surface area contributed by atoms with Gasteiger partial charge in [0.15, 0.2) is 11.6 Å². The van der Waals surface area contributed by atoms with Crippen LogP contribution in [0, 0.1) is 24.4 Å². The molecule has 3 aromatic carbocycles. The topological polar surface area (TPSA) is 18.5 Å². The van der Waals surface area contributed by atoms with Gasteiger partial charge in [0.25, 0.3) is 0 Å². The molecule has 1 saturated carbocycles. The second kappa shape index (κ2) is 13.8. The zero-order chi connectivity index (χ0) is 26.9. The number of hydrogen-bond acceptors (Lipinski definition) is 2. The van der Waals surface area contributed by atoms with Crippen LogP contribution >= 0.6 is 0 Å². The van der Waals surface area contributed by atoms with Crippen LogP contribution in [-0.4, -0.2) is 12.7 Å². The van der Waals surface area contributed by atoms with Gasteiger partial charge in [-0.3, -0.25) is 0 Å². The largest absolute Gasteiger partial charge is 0.493 e. The van der Waals surface area contributed by atoms with Gasteiger partial charge in [0.2, 0.25) is 0 Å². The van der Waals surface area contributed by atoms with Crippen molar-refractivity contribution in [1.82, 2.24) is 0 Å². The van der Waals surface area contributed by atoms with Gasteiger partial charge < -0.3 is 9.47 Å². The van der Waals surface area contributed by atoms with Crippen molar-refractivity contribution in [2.45, 2.75) is 90.3 Å². The van der Waals surface area contributed by atoms with Gasteiger partial charge in [-0.2, -0.15) is 0 Å². The first kappa shape index (κ1) is 28.2. The summed E-state index contributed by atoms with van der Waals surface area (Å²) in [6, 6.07) is 15.8.